The molecule has 0 aromatic heterocycles. The van der Waals surface area contributed by atoms with E-state index in [2.05, 4.69) is 6.07 Å². The number of hydrogen-bond donors (Lipinski definition) is 0. The molecule has 0 aliphatic heterocycles. The Balaban J connectivity index is 1.87. The Morgan fingerprint density at radius 3 is 2.32 bits per heavy atom. The maximum absolute atomic E-state index is 13.3. The summed E-state index contributed by atoms with van der Waals surface area (Å²) in [6, 6.07) is 18.6. The fourth-order valence-corrected chi connectivity index (χ4v) is 3.45. The highest BCUT2D eigenvalue weighted by molar-refractivity contribution is 6.37. The molecule has 0 aliphatic rings. The lowest BCUT2D eigenvalue weighted by Gasteiger charge is -2.11. The third-order valence-electron chi connectivity index (χ3n) is 3.89. The van der Waals surface area contributed by atoms with Gasteiger partial charge in [0.15, 0.2) is 5.75 Å². The number of hydrogen-bond acceptors (Lipinski definition) is 2. The van der Waals surface area contributed by atoms with Crippen LogP contribution >= 0.6 is 34.8 Å². The molecule has 3 aromatic rings. The fraction of sp³-hybridized carbons (Fsp3) is 0.0455. The van der Waals surface area contributed by atoms with Crippen LogP contribution in [0.1, 0.15) is 16.7 Å². The van der Waals surface area contributed by atoms with Crippen LogP contribution in [0.4, 0.5) is 4.39 Å². The van der Waals surface area contributed by atoms with E-state index in [1.807, 2.05) is 0 Å². The molecule has 0 saturated heterocycles. The molecule has 140 valence electrons. The lowest BCUT2D eigenvalue weighted by Crippen LogP contribution is -1.97. The van der Waals surface area contributed by atoms with Gasteiger partial charge in [-0.3, -0.25) is 0 Å². The minimum Gasteiger partial charge on any atom is -0.486 e. The molecule has 6 heteroatoms. The van der Waals surface area contributed by atoms with Crippen molar-refractivity contribution in [2.45, 2.75) is 6.61 Å². The largest absolute Gasteiger partial charge is 0.486 e. The van der Waals surface area contributed by atoms with Gasteiger partial charge in [0, 0.05) is 10.6 Å². The standard InChI is InChI=1S/C22H13Cl3FNO/c23-19-7-2-1-6-18(19)16(12-27)8-15-10-20(24)22(21(25)11-15)28-13-14-4-3-5-17(26)9-14/h1-11H,13H2. The second-order valence-corrected chi connectivity index (χ2v) is 7.10. The van der Waals surface area contributed by atoms with E-state index < -0.39 is 0 Å². The molecule has 0 fully saturated rings. The first-order valence-corrected chi connectivity index (χ1v) is 9.34. The first kappa shape index (κ1) is 20.2. The molecule has 0 unspecified atom stereocenters. The molecule has 3 rings (SSSR count). The summed E-state index contributed by atoms with van der Waals surface area (Å²) in [7, 11) is 0. The van der Waals surface area contributed by atoms with Gasteiger partial charge in [-0.15, -0.1) is 0 Å². The van der Waals surface area contributed by atoms with E-state index in [-0.39, 0.29) is 22.5 Å². The fourth-order valence-electron chi connectivity index (χ4n) is 2.60. The molecule has 0 amide bonds. The van der Waals surface area contributed by atoms with Gasteiger partial charge in [-0.1, -0.05) is 65.1 Å². The number of rotatable bonds is 5. The number of halogens is 4. The topological polar surface area (TPSA) is 33.0 Å². The summed E-state index contributed by atoms with van der Waals surface area (Å²) in [6.07, 6.45) is 1.65. The highest BCUT2D eigenvalue weighted by atomic mass is 35.5. The van der Waals surface area contributed by atoms with Gasteiger partial charge in [-0.2, -0.15) is 5.26 Å². The molecular formula is C22H13Cl3FNO. The molecular weight excluding hydrogens is 420 g/mol. The number of nitrogens with zero attached hydrogens (tertiary/aromatic N) is 1. The number of allylic oxidation sites excluding steroid dienone is 1. The van der Waals surface area contributed by atoms with Gasteiger partial charge >= 0.3 is 0 Å². The Hall–Kier alpha value is -2.51. The van der Waals surface area contributed by atoms with Crippen molar-refractivity contribution >= 4 is 46.5 Å². The van der Waals surface area contributed by atoms with Crippen molar-refractivity contribution in [1.29, 1.82) is 5.26 Å². The van der Waals surface area contributed by atoms with Crippen LogP contribution in [0.2, 0.25) is 15.1 Å². The van der Waals surface area contributed by atoms with Gasteiger partial charge in [0.05, 0.1) is 21.7 Å². The Morgan fingerprint density at radius 1 is 0.964 bits per heavy atom. The number of nitriles is 1. The smallest absolute Gasteiger partial charge is 0.157 e. The zero-order chi connectivity index (χ0) is 20.1. The first-order chi connectivity index (χ1) is 13.5. The van der Waals surface area contributed by atoms with Crippen LogP contribution in [-0.2, 0) is 6.61 Å². The molecule has 0 radical (unpaired) electrons. The van der Waals surface area contributed by atoms with Crippen LogP contribution in [0.5, 0.6) is 5.75 Å². The number of ether oxygens (including phenoxy) is 1. The second kappa shape index (κ2) is 9.12. The summed E-state index contributed by atoms with van der Waals surface area (Å²) in [5.74, 6) is -0.0524. The van der Waals surface area contributed by atoms with Crippen LogP contribution in [0, 0.1) is 17.1 Å². The predicted molar refractivity (Wildman–Crippen MR) is 112 cm³/mol. The van der Waals surface area contributed by atoms with Crippen molar-refractivity contribution in [3.8, 4) is 11.8 Å². The van der Waals surface area contributed by atoms with Crippen LogP contribution < -0.4 is 4.74 Å². The van der Waals surface area contributed by atoms with Crippen molar-refractivity contribution in [3.05, 3.63) is 98.2 Å². The summed E-state index contributed by atoms with van der Waals surface area (Å²) in [5, 5.41) is 10.5. The van der Waals surface area contributed by atoms with Crippen molar-refractivity contribution in [2.24, 2.45) is 0 Å². The summed E-state index contributed by atoms with van der Waals surface area (Å²) in [5.41, 5.74) is 2.28. The summed E-state index contributed by atoms with van der Waals surface area (Å²) < 4.78 is 18.9. The average molecular weight is 433 g/mol. The molecule has 0 heterocycles. The summed E-state index contributed by atoms with van der Waals surface area (Å²) >= 11 is 18.8. The molecule has 2 nitrogen and oxygen atoms in total. The zero-order valence-electron chi connectivity index (χ0n) is 14.4. The third-order valence-corrected chi connectivity index (χ3v) is 4.78. The van der Waals surface area contributed by atoms with Gasteiger partial charge in [-0.05, 0) is 47.5 Å². The number of benzene rings is 3. The quantitative estimate of drug-likeness (QED) is 0.310. The van der Waals surface area contributed by atoms with Gasteiger partial charge in [0.1, 0.15) is 12.4 Å². The second-order valence-electron chi connectivity index (χ2n) is 5.88. The van der Waals surface area contributed by atoms with E-state index in [9.17, 15) is 9.65 Å². The first-order valence-electron chi connectivity index (χ1n) is 8.21. The SMILES string of the molecule is N#CC(=Cc1cc(Cl)c(OCc2cccc(F)c2)c(Cl)c1)c1ccccc1Cl. The average Bonchev–Trinajstić information content (AvgIpc) is 2.66. The molecule has 28 heavy (non-hydrogen) atoms. The van der Waals surface area contributed by atoms with E-state index in [0.717, 1.165) is 0 Å². The molecule has 0 spiro atoms. The van der Waals surface area contributed by atoms with Crippen molar-refractivity contribution in [2.75, 3.05) is 0 Å². The van der Waals surface area contributed by atoms with Crippen LogP contribution in [-0.4, -0.2) is 0 Å². The van der Waals surface area contributed by atoms with Crippen molar-refractivity contribution < 1.29 is 9.13 Å². The van der Waals surface area contributed by atoms with E-state index in [1.165, 1.54) is 12.1 Å². The van der Waals surface area contributed by atoms with E-state index >= 15 is 0 Å². The molecule has 3 aromatic carbocycles. The minimum atomic E-state index is -0.345. The van der Waals surface area contributed by atoms with Gasteiger partial charge in [0.2, 0.25) is 0 Å². The monoisotopic (exact) mass is 431 g/mol. The van der Waals surface area contributed by atoms with Gasteiger partial charge < -0.3 is 4.74 Å². The van der Waals surface area contributed by atoms with E-state index in [0.29, 0.717) is 33.0 Å². The molecule has 0 bridgehead atoms. The molecule has 0 saturated carbocycles. The summed E-state index contributed by atoms with van der Waals surface area (Å²) in [4.78, 5) is 0. The highest BCUT2D eigenvalue weighted by Gasteiger charge is 2.12. The van der Waals surface area contributed by atoms with Crippen LogP contribution in [0.25, 0.3) is 11.6 Å². The third kappa shape index (κ3) is 4.85. The van der Waals surface area contributed by atoms with Gasteiger partial charge in [-0.25, -0.2) is 4.39 Å². The Bertz CT molecular complexity index is 1070. The van der Waals surface area contributed by atoms with Gasteiger partial charge in [0.25, 0.3) is 0 Å². The molecule has 0 N–H and O–H groups in total. The normalized spacial score (nSPS) is 11.2. The van der Waals surface area contributed by atoms with E-state index in [4.69, 9.17) is 39.5 Å². The lowest BCUT2D eigenvalue weighted by atomic mass is 10.0. The van der Waals surface area contributed by atoms with Crippen molar-refractivity contribution in [3.63, 3.8) is 0 Å². The van der Waals surface area contributed by atoms with Crippen LogP contribution in [0.3, 0.4) is 0 Å². The lowest BCUT2D eigenvalue weighted by molar-refractivity contribution is 0.306. The Morgan fingerprint density at radius 2 is 1.68 bits per heavy atom. The maximum Gasteiger partial charge on any atom is 0.157 e. The predicted octanol–water partition coefficient (Wildman–Crippen LogP) is 7.43. The molecule has 0 atom stereocenters. The Kier molecular flexibility index (Phi) is 6.59. The van der Waals surface area contributed by atoms with Crippen molar-refractivity contribution in [1.82, 2.24) is 0 Å². The Labute approximate surface area is 177 Å². The maximum atomic E-state index is 13.3. The summed E-state index contributed by atoms with van der Waals surface area (Å²) in [6.45, 7) is 0.120. The highest BCUT2D eigenvalue weighted by Crippen LogP contribution is 2.36. The minimum absolute atomic E-state index is 0.120. The zero-order valence-corrected chi connectivity index (χ0v) is 16.7. The molecule has 0 aliphatic carbocycles. The van der Waals surface area contributed by atoms with Crippen LogP contribution in [0.15, 0.2) is 60.7 Å². The van der Waals surface area contributed by atoms with E-state index in [1.54, 1.807) is 54.6 Å².